The van der Waals surface area contributed by atoms with E-state index in [0.717, 1.165) is 29.5 Å². The summed E-state index contributed by atoms with van der Waals surface area (Å²) in [6, 6.07) is 11.4. The van der Waals surface area contributed by atoms with Gasteiger partial charge in [-0.25, -0.2) is 4.79 Å². The van der Waals surface area contributed by atoms with Crippen LogP contribution in [0.15, 0.2) is 54.6 Å². The van der Waals surface area contributed by atoms with Crippen molar-refractivity contribution in [1.82, 2.24) is 26.3 Å². The van der Waals surface area contributed by atoms with E-state index < -0.39 is 58.7 Å². The van der Waals surface area contributed by atoms with Crippen LogP contribution in [0.3, 0.4) is 0 Å². The smallest absolute Gasteiger partial charge is 0.408 e. The second-order valence-electron chi connectivity index (χ2n) is 14.5. The second kappa shape index (κ2) is 15.2. The predicted molar refractivity (Wildman–Crippen MR) is 187 cm³/mol. The van der Waals surface area contributed by atoms with Crippen LogP contribution in [-0.4, -0.2) is 70.8 Å². The first-order valence-electron chi connectivity index (χ1n) is 17.1. The average molecular weight is 708 g/mol. The van der Waals surface area contributed by atoms with Crippen LogP contribution in [0.1, 0.15) is 76.5 Å². The van der Waals surface area contributed by atoms with Crippen molar-refractivity contribution in [1.29, 1.82) is 0 Å². The van der Waals surface area contributed by atoms with Crippen molar-refractivity contribution in [3.8, 4) is 0 Å². The van der Waals surface area contributed by atoms with E-state index in [0.29, 0.717) is 17.1 Å². The van der Waals surface area contributed by atoms with Crippen molar-refractivity contribution >= 4 is 46.9 Å². The fourth-order valence-electron chi connectivity index (χ4n) is 6.21. The van der Waals surface area contributed by atoms with Gasteiger partial charge in [0.05, 0.1) is 18.3 Å². The maximum atomic E-state index is 14.5. The van der Waals surface area contributed by atoms with Gasteiger partial charge in [0.25, 0.3) is 5.91 Å². The van der Waals surface area contributed by atoms with Gasteiger partial charge < -0.3 is 25.6 Å². The number of likely N-dealkylation sites (tertiary alicyclic amines) is 1. The summed E-state index contributed by atoms with van der Waals surface area (Å²) in [4.78, 5) is 75.0. The first kappa shape index (κ1) is 36.9. The number of hydroxylamine groups is 1. The molecule has 1 saturated carbocycles. The lowest BCUT2D eigenvalue weighted by Crippen LogP contribution is -2.59. The van der Waals surface area contributed by atoms with Gasteiger partial charge >= 0.3 is 6.09 Å². The van der Waals surface area contributed by atoms with Crippen LogP contribution < -0.4 is 21.4 Å². The molecule has 3 aliphatic rings. The molecule has 0 bridgehead atoms. The summed E-state index contributed by atoms with van der Waals surface area (Å²) >= 11 is 6.24. The molecule has 0 radical (unpaired) electrons. The Morgan fingerprint density at radius 1 is 1.08 bits per heavy atom. The number of ketones is 1. The number of nitrogens with one attached hydrogen (secondary N) is 4. The van der Waals surface area contributed by atoms with Crippen molar-refractivity contribution in [2.45, 2.75) is 103 Å². The summed E-state index contributed by atoms with van der Waals surface area (Å²) in [5.74, 6) is -2.60. The molecule has 5 rings (SSSR count). The predicted octanol–water partition coefficient (Wildman–Crippen LogP) is 4.34. The van der Waals surface area contributed by atoms with Crippen LogP contribution in [0.2, 0.25) is 5.02 Å². The topological polar surface area (TPSA) is 155 Å². The van der Waals surface area contributed by atoms with Crippen molar-refractivity contribution in [2.75, 3.05) is 6.54 Å². The summed E-state index contributed by atoms with van der Waals surface area (Å²) in [5, 5.41) is 8.73. The number of carbonyl (C=O) groups is 5. The third-order valence-electron chi connectivity index (χ3n) is 9.02. The maximum absolute atomic E-state index is 14.5. The highest BCUT2D eigenvalue weighted by atomic mass is 35.5. The number of benzene rings is 2. The molecule has 1 spiro atoms. The van der Waals surface area contributed by atoms with Crippen LogP contribution >= 0.6 is 11.6 Å². The van der Waals surface area contributed by atoms with Gasteiger partial charge in [0, 0.05) is 23.0 Å². The van der Waals surface area contributed by atoms with Crippen molar-refractivity contribution in [3.63, 3.8) is 0 Å². The number of hydrogen-bond acceptors (Lipinski definition) is 8. The minimum atomic E-state index is -1.13. The van der Waals surface area contributed by atoms with Crippen LogP contribution in [0.4, 0.5) is 4.79 Å². The van der Waals surface area contributed by atoms with E-state index >= 15 is 0 Å². The molecule has 13 heteroatoms. The lowest BCUT2D eigenvalue weighted by Gasteiger charge is -2.35. The van der Waals surface area contributed by atoms with Gasteiger partial charge in [-0.3, -0.25) is 29.5 Å². The molecule has 2 fully saturated rings. The third-order valence-corrected chi connectivity index (χ3v) is 9.26. The summed E-state index contributed by atoms with van der Waals surface area (Å²) in [7, 11) is 0. The van der Waals surface area contributed by atoms with Gasteiger partial charge in [-0.05, 0) is 55.4 Å². The van der Waals surface area contributed by atoms with Crippen LogP contribution in [-0.2, 0) is 35.4 Å². The minimum absolute atomic E-state index is 0.00811. The molecule has 4 amide bonds. The number of aryl methyl sites for hydroxylation is 1. The fraction of sp³-hybridized carbons (Fsp3) is 0.486. The van der Waals surface area contributed by atoms with Gasteiger partial charge in [0.15, 0.2) is 0 Å². The first-order valence-corrected chi connectivity index (χ1v) is 17.4. The fourth-order valence-corrected chi connectivity index (χ4v) is 6.40. The number of amides is 4. The molecule has 4 atom stereocenters. The van der Waals surface area contributed by atoms with Gasteiger partial charge in [-0.2, -0.15) is 0 Å². The lowest BCUT2D eigenvalue weighted by molar-refractivity contribution is -0.144. The molecule has 2 aromatic carbocycles. The van der Waals surface area contributed by atoms with E-state index in [1.54, 1.807) is 39.0 Å². The summed E-state index contributed by atoms with van der Waals surface area (Å²) < 4.78 is 5.49. The number of halogens is 1. The van der Waals surface area contributed by atoms with E-state index in [1.807, 2.05) is 50.3 Å². The highest BCUT2D eigenvalue weighted by Crippen LogP contribution is 2.39. The van der Waals surface area contributed by atoms with Crippen LogP contribution in [0.5, 0.6) is 0 Å². The molecule has 0 aromatic heterocycles. The standard InChI is InChI=1S/C37H46ClN5O7/c1-6-9-27(30(44)33(46)39-26-14-15-26)40-32(45)29-19-37(18-28(42-50-37)24-12-8-13-25(38)17-24)21-43(29)34(47)31(36(3,4)5)41-35(48)49-20-23-11-7-10-22(2)16-23/h7-8,10-13,16-18,26-27,29,31,42H,6,9,14-15,19-21H2,1-5H3,(H,39,46)(H,40,45)(H,41,48)/t27-,29-,31+,37+/m0/s1. The Morgan fingerprint density at radius 2 is 1.82 bits per heavy atom. The number of Topliss-reactive ketones (excluding diaryl/α,β-unsaturated/α-hetero) is 1. The van der Waals surface area contributed by atoms with Gasteiger partial charge in [-0.1, -0.05) is 87.7 Å². The Bertz CT molecular complexity index is 1670. The highest BCUT2D eigenvalue weighted by molar-refractivity contribution is 6.38. The Hall–Kier alpha value is -4.42. The number of nitrogens with zero attached hydrogens (tertiary/aromatic N) is 1. The van der Waals surface area contributed by atoms with Gasteiger partial charge in [0.1, 0.15) is 24.3 Å². The number of ether oxygens (including phenoxy) is 1. The van der Waals surface area contributed by atoms with E-state index in [4.69, 9.17) is 21.2 Å². The quantitative estimate of drug-likeness (QED) is 0.238. The molecule has 2 heterocycles. The Kier molecular flexibility index (Phi) is 11.2. The molecule has 268 valence electrons. The number of carbonyl (C=O) groups excluding carboxylic acids is 5. The number of rotatable bonds is 12. The number of hydrogen-bond donors (Lipinski definition) is 4. The molecule has 2 aliphatic heterocycles. The molecule has 2 aromatic rings. The van der Waals surface area contributed by atoms with Crippen molar-refractivity contribution < 1.29 is 33.5 Å². The second-order valence-corrected chi connectivity index (χ2v) is 14.9. The highest BCUT2D eigenvalue weighted by Gasteiger charge is 2.54. The van der Waals surface area contributed by atoms with E-state index in [2.05, 4.69) is 21.4 Å². The third kappa shape index (κ3) is 9.02. The minimum Gasteiger partial charge on any atom is -0.445 e. The Balaban J connectivity index is 1.40. The molecule has 0 unspecified atom stereocenters. The van der Waals surface area contributed by atoms with Crippen LogP contribution in [0, 0.1) is 12.3 Å². The molecule has 50 heavy (non-hydrogen) atoms. The largest absolute Gasteiger partial charge is 0.445 e. The molecular formula is C37H46ClN5O7. The lowest BCUT2D eigenvalue weighted by atomic mass is 9.85. The summed E-state index contributed by atoms with van der Waals surface area (Å²) in [5.41, 5.74) is 4.19. The monoisotopic (exact) mass is 707 g/mol. The Morgan fingerprint density at radius 3 is 2.48 bits per heavy atom. The van der Waals surface area contributed by atoms with E-state index in [-0.39, 0.29) is 32.0 Å². The zero-order chi connectivity index (χ0) is 36.2. The Labute approximate surface area is 297 Å². The average Bonchev–Trinajstić information content (AvgIpc) is 3.66. The molecular weight excluding hydrogens is 662 g/mol. The zero-order valence-corrected chi connectivity index (χ0v) is 29.9. The van der Waals surface area contributed by atoms with Crippen molar-refractivity contribution in [3.05, 3.63) is 76.3 Å². The first-order chi connectivity index (χ1) is 23.7. The molecule has 4 N–H and O–H groups in total. The SMILES string of the molecule is CCC[C@H](NC(=O)[C@@H]1C[C@]2(C=C(c3cccc(Cl)c3)NO2)CN1C(=O)[C@@H](NC(=O)OCc1cccc(C)c1)C(C)(C)C)C(=O)C(=O)NC1CC1. The van der Waals surface area contributed by atoms with E-state index in [9.17, 15) is 24.0 Å². The molecule has 1 saturated heterocycles. The number of alkyl carbamates (subject to hydrolysis) is 1. The van der Waals surface area contributed by atoms with E-state index in [1.165, 1.54) is 4.90 Å². The van der Waals surface area contributed by atoms with Crippen molar-refractivity contribution in [2.24, 2.45) is 5.41 Å². The maximum Gasteiger partial charge on any atom is 0.408 e. The molecule has 12 nitrogen and oxygen atoms in total. The van der Waals surface area contributed by atoms with Crippen LogP contribution in [0.25, 0.3) is 5.70 Å². The molecule has 1 aliphatic carbocycles. The summed E-state index contributed by atoms with van der Waals surface area (Å²) in [6.45, 7) is 9.16. The van der Waals surface area contributed by atoms with Gasteiger partial charge in [0.2, 0.25) is 17.6 Å². The van der Waals surface area contributed by atoms with Gasteiger partial charge in [-0.15, -0.1) is 0 Å². The normalized spacial score (nSPS) is 21.1. The zero-order valence-electron chi connectivity index (χ0n) is 29.1. The summed E-state index contributed by atoms with van der Waals surface area (Å²) in [6.07, 6.45) is 3.47.